The van der Waals surface area contributed by atoms with Crippen LogP contribution in [0.2, 0.25) is 0 Å². The molecule has 37 heavy (non-hydrogen) atoms. The van der Waals surface area contributed by atoms with Crippen molar-refractivity contribution in [1.82, 2.24) is 10.2 Å². The van der Waals surface area contributed by atoms with Crippen LogP contribution in [0.4, 0.5) is 0 Å². The van der Waals surface area contributed by atoms with Gasteiger partial charge in [-0.3, -0.25) is 9.59 Å². The first-order chi connectivity index (χ1) is 17.9. The van der Waals surface area contributed by atoms with E-state index < -0.39 is 6.04 Å². The van der Waals surface area contributed by atoms with E-state index >= 15 is 0 Å². The van der Waals surface area contributed by atoms with E-state index in [1.54, 1.807) is 4.90 Å². The van der Waals surface area contributed by atoms with Crippen LogP contribution in [-0.4, -0.2) is 35.6 Å². The summed E-state index contributed by atoms with van der Waals surface area (Å²) in [6.45, 7) is 6.65. The number of hydrogen-bond acceptors (Lipinski definition) is 4. The first-order valence-electron chi connectivity index (χ1n) is 13.0. The van der Waals surface area contributed by atoms with E-state index in [1.807, 2.05) is 93.6 Å². The van der Waals surface area contributed by atoms with Gasteiger partial charge >= 0.3 is 0 Å². The van der Waals surface area contributed by atoms with Crippen LogP contribution >= 0.6 is 0 Å². The molecule has 1 aliphatic heterocycles. The number of nitrogens with one attached hydrogen (secondary N) is 1. The number of benzene rings is 3. The average molecular weight is 501 g/mol. The molecule has 1 N–H and O–H groups in total. The number of fused-ring (bicyclic) bond motifs is 1. The predicted octanol–water partition coefficient (Wildman–Crippen LogP) is 5.21. The van der Waals surface area contributed by atoms with Crippen molar-refractivity contribution in [2.24, 2.45) is 0 Å². The van der Waals surface area contributed by atoms with Crippen LogP contribution in [0.15, 0.2) is 72.8 Å². The van der Waals surface area contributed by atoms with Crippen LogP contribution in [0.1, 0.15) is 48.9 Å². The zero-order chi connectivity index (χ0) is 26.2. The van der Waals surface area contributed by atoms with Gasteiger partial charge in [0.15, 0.2) is 11.5 Å². The quantitative estimate of drug-likeness (QED) is 0.392. The van der Waals surface area contributed by atoms with Crippen molar-refractivity contribution in [2.45, 2.75) is 65.1 Å². The summed E-state index contributed by atoms with van der Waals surface area (Å²) in [5.74, 6) is 1.25. The van der Waals surface area contributed by atoms with Gasteiger partial charge in [0.1, 0.15) is 6.04 Å². The smallest absolute Gasteiger partial charge is 0.243 e. The molecule has 0 aromatic heterocycles. The second-order valence-corrected chi connectivity index (χ2v) is 9.72. The van der Waals surface area contributed by atoms with Gasteiger partial charge in [0.05, 0.1) is 0 Å². The normalized spacial score (nSPS) is 13.6. The molecule has 6 heteroatoms. The molecule has 0 saturated heterocycles. The largest absolute Gasteiger partial charge is 0.454 e. The summed E-state index contributed by atoms with van der Waals surface area (Å²) in [7, 11) is 0. The van der Waals surface area contributed by atoms with E-state index in [9.17, 15) is 9.59 Å². The van der Waals surface area contributed by atoms with E-state index in [1.165, 1.54) is 0 Å². The fraction of sp³-hybridized carbons (Fsp3) is 0.355. The van der Waals surface area contributed by atoms with Crippen LogP contribution in [0, 0.1) is 6.92 Å². The number of ether oxygens (including phenoxy) is 2. The fourth-order valence-electron chi connectivity index (χ4n) is 4.38. The van der Waals surface area contributed by atoms with Crippen LogP contribution in [-0.2, 0) is 29.0 Å². The van der Waals surface area contributed by atoms with Crippen molar-refractivity contribution >= 4 is 11.8 Å². The molecular formula is C31H36N2O4. The Hall–Kier alpha value is -3.80. The van der Waals surface area contributed by atoms with Crippen LogP contribution in [0.25, 0.3) is 0 Å². The third-order valence-corrected chi connectivity index (χ3v) is 6.81. The van der Waals surface area contributed by atoms with E-state index in [-0.39, 0.29) is 31.1 Å². The minimum absolute atomic E-state index is 0.0238. The number of carbonyl (C=O) groups excluding carboxylic acids is 2. The zero-order valence-corrected chi connectivity index (χ0v) is 21.9. The maximum Gasteiger partial charge on any atom is 0.243 e. The van der Waals surface area contributed by atoms with Crippen molar-refractivity contribution < 1.29 is 19.1 Å². The van der Waals surface area contributed by atoms with Crippen LogP contribution in [0.3, 0.4) is 0 Å². The third-order valence-electron chi connectivity index (χ3n) is 6.81. The standard InChI is InChI=1S/C31H36N2O4/c1-4-23(3)32-31(35)27(18-24-8-6-5-7-9-24)33(20-26-12-10-22(2)11-13-26)30(34)17-15-25-14-16-28-29(19-25)37-21-36-28/h5-14,16,19,23,27H,4,15,17-18,20-21H2,1-3H3,(H,32,35)/t23-,27-/m1/s1. The van der Waals surface area contributed by atoms with Gasteiger partial charge in [0, 0.05) is 25.4 Å². The molecule has 0 aliphatic carbocycles. The molecule has 3 aromatic carbocycles. The van der Waals surface area contributed by atoms with Crippen LogP contribution in [0.5, 0.6) is 11.5 Å². The van der Waals surface area contributed by atoms with Crippen molar-refractivity contribution in [3.05, 3.63) is 95.1 Å². The van der Waals surface area contributed by atoms with Crippen molar-refractivity contribution in [3.8, 4) is 11.5 Å². The highest BCUT2D eigenvalue weighted by atomic mass is 16.7. The van der Waals surface area contributed by atoms with Crippen molar-refractivity contribution in [2.75, 3.05) is 6.79 Å². The Morgan fingerprint density at radius 3 is 2.35 bits per heavy atom. The fourth-order valence-corrected chi connectivity index (χ4v) is 4.38. The molecule has 2 atom stereocenters. The van der Waals surface area contributed by atoms with Gasteiger partial charge in [-0.15, -0.1) is 0 Å². The topological polar surface area (TPSA) is 67.9 Å². The molecule has 1 heterocycles. The second kappa shape index (κ2) is 12.4. The van der Waals surface area contributed by atoms with Gasteiger partial charge in [-0.25, -0.2) is 0 Å². The molecule has 1 aliphatic rings. The molecule has 4 rings (SSSR count). The SMILES string of the molecule is CC[C@@H](C)NC(=O)[C@@H](Cc1ccccc1)N(Cc1ccc(C)cc1)C(=O)CCc1ccc2c(c1)OCO2. The Morgan fingerprint density at radius 1 is 0.919 bits per heavy atom. The lowest BCUT2D eigenvalue weighted by Gasteiger charge is -2.32. The lowest BCUT2D eigenvalue weighted by Crippen LogP contribution is -2.52. The summed E-state index contributed by atoms with van der Waals surface area (Å²) >= 11 is 0. The number of nitrogens with zero attached hydrogens (tertiary/aromatic N) is 1. The Balaban J connectivity index is 1.59. The summed E-state index contributed by atoms with van der Waals surface area (Å²) < 4.78 is 10.9. The first kappa shape index (κ1) is 26.3. The van der Waals surface area contributed by atoms with Gasteiger partial charge in [-0.2, -0.15) is 0 Å². The first-order valence-corrected chi connectivity index (χ1v) is 13.0. The minimum atomic E-state index is -0.623. The summed E-state index contributed by atoms with van der Waals surface area (Å²) in [5.41, 5.74) is 4.16. The average Bonchev–Trinajstić information content (AvgIpc) is 3.39. The predicted molar refractivity (Wildman–Crippen MR) is 144 cm³/mol. The van der Waals surface area contributed by atoms with Crippen molar-refractivity contribution in [1.29, 1.82) is 0 Å². The van der Waals surface area contributed by atoms with Gasteiger partial charge in [0.2, 0.25) is 18.6 Å². The van der Waals surface area contributed by atoms with E-state index in [4.69, 9.17) is 9.47 Å². The minimum Gasteiger partial charge on any atom is -0.454 e. The maximum absolute atomic E-state index is 13.8. The molecule has 0 spiro atoms. The van der Waals surface area contributed by atoms with Gasteiger partial charge in [-0.1, -0.05) is 73.2 Å². The highest BCUT2D eigenvalue weighted by molar-refractivity contribution is 5.88. The maximum atomic E-state index is 13.8. The Kier molecular flexibility index (Phi) is 8.83. The molecule has 2 amide bonds. The third kappa shape index (κ3) is 7.13. The summed E-state index contributed by atoms with van der Waals surface area (Å²) in [4.78, 5) is 29.1. The molecule has 0 fully saturated rings. The molecule has 194 valence electrons. The van der Waals surface area contributed by atoms with Gasteiger partial charge in [-0.05, 0) is 55.5 Å². The van der Waals surface area contributed by atoms with E-state index in [2.05, 4.69) is 5.32 Å². The van der Waals surface area contributed by atoms with E-state index in [0.717, 1.165) is 34.4 Å². The summed E-state index contributed by atoms with van der Waals surface area (Å²) in [6.07, 6.45) is 2.10. The number of hydrogen-bond donors (Lipinski definition) is 1. The molecule has 6 nitrogen and oxygen atoms in total. The molecular weight excluding hydrogens is 464 g/mol. The van der Waals surface area contributed by atoms with E-state index in [0.29, 0.717) is 25.1 Å². The lowest BCUT2D eigenvalue weighted by molar-refractivity contribution is -0.141. The monoisotopic (exact) mass is 500 g/mol. The van der Waals surface area contributed by atoms with Crippen LogP contribution < -0.4 is 14.8 Å². The highest BCUT2D eigenvalue weighted by Crippen LogP contribution is 2.33. The van der Waals surface area contributed by atoms with Gasteiger partial charge < -0.3 is 19.7 Å². The summed E-state index contributed by atoms with van der Waals surface area (Å²) in [5, 5.41) is 3.12. The molecule has 0 bridgehead atoms. The Labute approximate surface area is 219 Å². The number of amides is 2. The molecule has 0 radical (unpaired) electrons. The number of aryl methyl sites for hydroxylation is 2. The Morgan fingerprint density at radius 2 is 1.62 bits per heavy atom. The summed E-state index contributed by atoms with van der Waals surface area (Å²) in [6, 6.07) is 23.2. The number of rotatable bonds is 11. The lowest BCUT2D eigenvalue weighted by atomic mass is 10.0. The van der Waals surface area contributed by atoms with Crippen molar-refractivity contribution in [3.63, 3.8) is 0 Å². The Bertz CT molecular complexity index is 1190. The van der Waals surface area contributed by atoms with Gasteiger partial charge in [0.25, 0.3) is 0 Å². The molecule has 0 unspecified atom stereocenters. The zero-order valence-electron chi connectivity index (χ0n) is 21.9. The molecule has 0 saturated carbocycles. The molecule has 3 aromatic rings. The number of carbonyl (C=O) groups is 2. The second-order valence-electron chi connectivity index (χ2n) is 9.72. The highest BCUT2D eigenvalue weighted by Gasteiger charge is 2.31.